The van der Waals surface area contributed by atoms with Crippen LogP contribution >= 0.6 is 0 Å². The number of hydrogen-bond acceptors (Lipinski definition) is 3. The van der Waals surface area contributed by atoms with Gasteiger partial charge in [-0.2, -0.15) is 0 Å². The molecule has 1 N–H and O–H groups in total. The molecule has 0 spiro atoms. The van der Waals surface area contributed by atoms with Gasteiger partial charge in [0.05, 0.1) is 5.75 Å². The van der Waals surface area contributed by atoms with E-state index in [2.05, 4.69) is 11.9 Å². The van der Waals surface area contributed by atoms with Gasteiger partial charge in [0.15, 0.2) is 9.84 Å². The van der Waals surface area contributed by atoms with Crippen molar-refractivity contribution in [3.05, 3.63) is 12.7 Å². The minimum absolute atomic E-state index is 0.165. The maximum atomic E-state index is 11.2. The fraction of sp³-hybridized carbons (Fsp3) is 0.571. The van der Waals surface area contributed by atoms with Gasteiger partial charge in [-0.3, -0.25) is 4.79 Å². The van der Waals surface area contributed by atoms with Gasteiger partial charge < -0.3 is 5.32 Å². The van der Waals surface area contributed by atoms with Crippen LogP contribution in [0, 0.1) is 0 Å². The highest BCUT2D eigenvalue weighted by Gasteiger charge is 2.25. The van der Waals surface area contributed by atoms with Crippen LogP contribution in [0.1, 0.15) is 6.92 Å². The molecule has 0 saturated heterocycles. The fourth-order valence-corrected chi connectivity index (χ4v) is 1.74. The molecule has 5 heteroatoms. The van der Waals surface area contributed by atoms with Gasteiger partial charge in [0.25, 0.3) is 0 Å². The van der Waals surface area contributed by atoms with E-state index in [0.717, 1.165) is 0 Å². The first-order valence-corrected chi connectivity index (χ1v) is 5.21. The summed E-state index contributed by atoms with van der Waals surface area (Å²) in [6.07, 6.45) is 1.27. The smallest absolute Gasteiger partial charge is 0.237 e. The standard InChI is InChI=1S/C7H13NO3S/c1-4-5-12(10,11)6(2)7(9)8-3/h4,6H,1,5H2,2-3H3,(H,8,9). The monoisotopic (exact) mass is 191 g/mol. The molecule has 0 bridgehead atoms. The zero-order valence-electron chi connectivity index (χ0n) is 7.20. The summed E-state index contributed by atoms with van der Waals surface area (Å²) in [5, 5.41) is 1.28. The first-order chi connectivity index (χ1) is 5.45. The Balaban J connectivity index is 4.57. The molecule has 0 aromatic heterocycles. The van der Waals surface area contributed by atoms with Crippen molar-refractivity contribution in [1.29, 1.82) is 0 Å². The van der Waals surface area contributed by atoms with E-state index in [0.29, 0.717) is 0 Å². The van der Waals surface area contributed by atoms with Gasteiger partial charge in [-0.15, -0.1) is 6.58 Å². The van der Waals surface area contributed by atoms with Crippen LogP contribution in [0.3, 0.4) is 0 Å². The van der Waals surface area contributed by atoms with E-state index in [1.165, 1.54) is 20.0 Å². The summed E-state index contributed by atoms with van der Waals surface area (Å²) in [4.78, 5) is 10.9. The average Bonchev–Trinajstić information content (AvgIpc) is 2.01. The van der Waals surface area contributed by atoms with Crippen molar-refractivity contribution in [3.8, 4) is 0 Å². The Kier molecular flexibility index (Phi) is 3.95. The molecule has 1 amide bonds. The van der Waals surface area contributed by atoms with Gasteiger partial charge in [0, 0.05) is 7.05 Å². The number of carbonyl (C=O) groups excluding carboxylic acids is 1. The second-order valence-corrected chi connectivity index (χ2v) is 4.74. The van der Waals surface area contributed by atoms with Crippen molar-refractivity contribution in [1.82, 2.24) is 5.32 Å². The van der Waals surface area contributed by atoms with Crippen molar-refractivity contribution in [2.24, 2.45) is 0 Å². The van der Waals surface area contributed by atoms with Crippen molar-refractivity contribution in [2.75, 3.05) is 12.8 Å². The molecule has 0 radical (unpaired) electrons. The average molecular weight is 191 g/mol. The summed E-state index contributed by atoms with van der Waals surface area (Å²) in [7, 11) is -1.95. The van der Waals surface area contributed by atoms with E-state index < -0.39 is 21.0 Å². The lowest BCUT2D eigenvalue weighted by atomic mass is 10.4. The maximum Gasteiger partial charge on any atom is 0.237 e. The lowest BCUT2D eigenvalue weighted by Gasteiger charge is -2.08. The maximum absolute atomic E-state index is 11.2. The van der Waals surface area contributed by atoms with Crippen molar-refractivity contribution in [2.45, 2.75) is 12.2 Å². The number of rotatable bonds is 4. The third-order valence-corrected chi connectivity index (χ3v) is 3.50. The Morgan fingerprint density at radius 2 is 2.17 bits per heavy atom. The minimum Gasteiger partial charge on any atom is -0.358 e. The summed E-state index contributed by atoms with van der Waals surface area (Å²) in [6, 6.07) is 0. The summed E-state index contributed by atoms with van der Waals surface area (Å²) in [5.74, 6) is -0.654. The largest absolute Gasteiger partial charge is 0.358 e. The van der Waals surface area contributed by atoms with Crippen molar-refractivity contribution in [3.63, 3.8) is 0 Å². The van der Waals surface area contributed by atoms with E-state index >= 15 is 0 Å². The first-order valence-electron chi connectivity index (χ1n) is 3.49. The molecule has 1 atom stereocenters. The Labute approximate surface area is 72.6 Å². The molecule has 0 saturated carbocycles. The third kappa shape index (κ3) is 2.65. The quantitative estimate of drug-likeness (QED) is 0.622. The predicted molar refractivity (Wildman–Crippen MR) is 47.5 cm³/mol. The zero-order chi connectivity index (χ0) is 9.78. The van der Waals surface area contributed by atoms with Gasteiger partial charge in [-0.25, -0.2) is 8.42 Å². The second kappa shape index (κ2) is 4.25. The number of sulfone groups is 1. The van der Waals surface area contributed by atoms with Gasteiger partial charge in [0.2, 0.25) is 5.91 Å². The normalized spacial score (nSPS) is 13.5. The number of amides is 1. The van der Waals surface area contributed by atoms with Gasteiger partial charge >= 0.3 is 0 Å². The van der Waals surface area contributed by atoms with E-state index in [1.54, 1.807) is 0 Å². The molecule has 0 aliphatic rings. The second-order valence-electron chi connectivity index (χ2n) is 2.37. The molecular weight excluding hydrogens is 178 g/mol. The summed E-state index contributed by atoms with van der Waals surface area (Å²) >= 11 is 0. The van der Waals surface area contributed by atoms with E-state index in [9.17, 15) is 13.2 Å². The van der Waals surface area contributed by atoms with Crippen LogP contribution in [-0.4, -0.2) is 32.4 Å². The van der Waals surface area contributed by atoms with Gasteiger partial charge in [-0.05, 0) is 6.92 Å². The molecule has 0 fully saturated rings. The molecule has 0 heterocycles. The highest BCUT2D eigenvalue weighted by atomic mass is 32.2. The Bertz CT molecular complexity index is 268. The lowest BCUT2D eigenvalue weighted by Crippen LogP contribution is -2.36. The number of nitrogens with one attached hydrogen (secondary N) is 1. The van der Waals surface area contributed by atoms with Crippen LogP contribution < -0.4 is 5.32 Å². The fourth-order valence-electron chi connectivity index (χ4n) is 0.675. The Hall–Kier alpha value is -0.840. The Morgan fingerprint density at radius 1 is 1.67 bits per heavy atom. The molecule has 0 aliphatic carbocycles. The van der Waals surface area contributed by atoms with Crippen molar-refractivity contribution < 1.29 is 13.2 Å². The molecule has 0 aromatic carbocycles. The van der Waals surface area contributed by atoms with E-state index in [1.807, 2.05) is 0 Å². The Morgan fingerprint density at radius 3 is 2.50 bits per heavy atom. The predicted octanol–water partition coefficient (Wildman–Crippen LogP) is -0.278. The van der Waals surface area contributed by atoms with Crippen molar-refractivity contribution >= 4 is 15.7 Å². The minimum atomic E-state index is -3.35. The summed E-state index contributed by atoms with van der Waals surface area (Å²) < 4.78 is 22.4. The summed E-state index contributed by atoms with van der Waals surface area (Å²) in [6.45, 7) is 4.66. The molecule has 0 rings (SSSR count). The molecule has 70 valence electrons. The highest BCUT2D eigenvalue weighted by Crippen LogP contribution is 2.01. The van der Waals surface area contributed by atoms with Crippen LogP contribution in [0.5, 0.6) is 0 Å². The number of hydrogen-bond donors (Lipinski definition) is 1. The van der Waals surface area contributed by atoms with E-state index in [4.69, 9.17) is 0 Å². The molecule has 0 aromatic rings. The summed E-state index contributed by atoms with van der Waals surface area (Å²) in [5.41, 5.74) is 0. The van der Waals surface area contributed by atoms with Crippen LogP contribution in [0.15, 0.2) is 12.7 Å². The third-order valence-electron chi connectivity index (χ3n) is 1.50. The highest BCUT2D eigenvalue weighted by molar-refractivity contribution is 7.92. The molecule has 12 heavy (non-hydrogen) atoms. The van der Waals surface area contributed by atoms with Crippen LogP contribution in [0.2, 0.25) is 0 Å². The van der Waals surface area contributed by atoms with Gasteiger partial charge in [-0.1, -0.05) is 6.08 Å². The molecular formula is C7H13NO3S. The molecule has 1 unspecified atom stereocenters. The topological polar surface area (TPSA) is 63.2 Å². The van der Waals surface area contributed by atoms with Crippen LogP contribution in [0.4, 0.5) is 0 Å². The van der Waals surface area contributed by atoms with E-state index in [-0.39, 0.29) is 5.75 Å². The SMILES string of the molecule is C=CCS(=O)(=O)C(C)C(=O)NC. The lowest BCUT2D eigenvalue weighted by molar-refractivity contribution is -0.119. The molecule has 0 aliphatic heterocycles. The molecule has 4 nitrogen and oxygen atoms in total. The van der Waals surface area contributed by atoms with Crippen LogP contribution in [0.25, 0.3) is 0 Å². The zero-order valence-corrected chi connectivity index (χ0v) is 8.02. The van der Waals surface area contributed by atoms with Gasteiger partial charge in [0.1, 0.15) is 5.25 Å². The van der Waals surface area contributed by atoms with Crippen LogP contribution in [-0.2, 0) is 14.6 Å². The first kappa shape index (κ1) is 11.2. The number of carbonyl (C=O) groups is 1.